The minimum atomic E-state index is -1.19. The maximum Gasteiger partial charge on any atom is 0.408 e. The lowest BCUT2D eigenvalue weighted by Crippen LogP contribution is -2.46. The first-order chi connectivity index (χ1) is 9.28. The molecule has 0 spiro atoms. The summed E-state index contributed by atoms with van der Waals surface area (Å²) in [5.74, 6) is -0.656. The third-order valence-corrected chi connectivity index (χ3v) is 2.15. The van der Waals surface area contributed by atoms with E-state index in [-0.39, 0.29) is 6.61 Å². The molecule has 1 aromatic carbocycles. The number of ether oxygens (including phenoxy) is 2. The summed E-state index contributed by atoms with van der Waals surface area (Å²) in [6.07, 6.45) is -0.790. The Morgan fingerprint density at radius 3 is 2.35 bits per heavy atom. The van der Waals surface area contributed by atoms with E-state index < -0.39 is 23.7 Å². The Balaban J connectivity index is 2.53. The van der Waals surface area contributed by atoms with E-state index in [1.807, 2.05) is 6.07 Å². The SMILES string of the molecule is CC(C)(C)OC(=O)N[C@@H](COc1ccccc1)C(=O)O. The standard InChI is InChI=1S/C14H19NO5/c1-14(2,3)20-13(18)15-11(12(16)17)9-19-10-7-5-4-6-8-10/h4-8,11H,9H2,1-3H3,(H,15,18)(H,16,17)/t11-/m0/s1. The number of hydrogen-bond donors (Lipinski definition) is 2. The van der Waals surface area contributed by atoms with Crippen LogP contribution in [0.25, 0.3) is 0 Å². The van der Waals surface area contributed by atoms with Crippen molar-refractivity contribution < 1.29 is 24.2 Å². The van der Waals surface area contributed by atoms with Crippen LogP contribution in [0.4, 0.5) is 4.79 Å². The molecule has 0 aliphatic heterocycles. The molecule has 0 saturated carbocycles. The molecular weight excluding hydrogens is 262 g/mol. The first kappa shape index (κ1) is 15.8. The van der Waals surface area contributed by atoms with E-state index >= 15 is 0 Å². The fraction of sp³-hybridized carbons (Fsp3) is 0.429. The Bertz CT molecular complexity index is 452. The lowest BCUT2D eigenvalue weighted by molar-refractivity contribution is -0.140. The van der Waals surface area contributed by atoms with Gasteiger partial charge >= 0.3 is 12.1 Å². The molecule has 0 radical (unpaired) electrons. The van der Waals surface area contributed by atoms with Gasteiger partial charge in [-0.25, -0.2) is 9.59 Å². The molecule has 0 unspecified atom stereocenters. The molecule has 0 aliphatic rings. The van der Waals surface area contributed by atoms with Gasteiger partial charge in [-0.3, -0.25) is 0 Å². The Hall–Kier alpha value is -2.24. The lowest BCUT2D eigenvalue weighted by atomic mass is 10.2. The maximum absolute atomic E-state index is 11.5. The van der Waals surface area contributed by atoms with Crippen molar-refractivity contribution in [3.8, 4) is 5.75 Å². The second-order valence-corrected chi connectivity index (χ2v) is 5.16. The number of nitrogens with one attached hydrogen (secondary N) is 1. The van der Waals surface area contributed by atoms with Crippen LogP contribution in [0.3, 0.4) is 0 Å². The highest BCUT2D eigenvalue weighted by Gasteiger charge is 2.24. The number of aliphatic carboxylic acids is 1. The van der Waals surface area contributed by atoms with Crippen LogP contribution in [0.1, 0.15) is 20.8 Å². The summed E-state index contributed by atoms with van der Waals surface area (Å²) in [6, 6.07) is 7.59. The van der Waals surface area contributed by atoms with Gasteiger partial charge in [-0.15, -0.1) is 0 Å². The first-order valence-corrected chi connectivity index (χ1v) is 6.18. The summed E-state index contributed by atoms with van der Waals surface area (Å²) in [5, 5.41) is 11.3. The van der Waals surface area contributed by atoms with Crippen molar-refractivity contribution in [3.63, 3.8) is 0 Å². The van der Waals surface area contributed by atoms with Crippen molar-refractivity contribution in [2.45, 2.75) is 32.4 Å². The molecule has 1 amide bonds. The fourth-order valence-corrected chi connectivity index (χ4v) is 1.32. The van der Waals surface area contributed by atoms with E-state index in [4.69, 9.17) is 14.6 Å². The molecule has 0 bridgehead atoms. The van der Waals surface area contributed by atoms with Crippen molar-refractivity contribution in [1.82, 2.24) is 5.32 Å². The van der Waals surface area contributed by atoms with Crippen LogP contribution >= 0.6 is 0 Å². The lowest BCUT2D eigenvalue weighted by Gasteiger charge is -2.22. The van der Waals surface area contributed by atoms with Crippen LogP contribution in [0.15, 0.2) is 30.3 Å². The van der Waals surface area contributed by atoms with Gasteiger partial charge in [0, 0.05) is 0 Å². The van der Waals surface area contributed by atoms with Crippen LogP contribution in [-0.4, -0.2) is 35.4 Å². The largest absolute Gasteiger partial charge is 0.491 e. The van der Waals surface area contributed by atoms with Crippen molar-refractivity contribution in [3.05, 3.63) is 30.3 Å². The summed E-state index contributed by atoms with van der Waals surface area (Å²) in [4.78, 5) is 22.6. The van der Waals surface area contributed by atoms with E-state index in [2.05, 4.69) is 5.32 Å². The molecular formula is C14H19NO5. The zero-order chi connectivity index (χ0) is 15.2. The summed E-state index contributed by atoms with van der Waals surface area (Å²) < 4.78 is 10.3. The van der Waals surface area contributed by atoms with Gasteiger partial charge in [-0.05, 0) is 32.9 Å². The second kappa shape index (κ2) is 6.79. The molecule has 6 nitrogen and oxygen atoms in total. The fourth-order valence-electron chi connectivity index (χ4n) is 1.32. The third kappa shape index (κ3) is 6.08. The number of hydrogen-bond acceptors (Lipinski definition) is 4. The Morgan fingerprint density at radius 1 is 1.25 bits per heavy atom. The van der Waals surface area contributed by atoms with E-state index in [0.29, 0.717) is 5.75 Å². The van der Waals surface area contributed by atoms with Gasteiger partial charge in [-0.2, -0.15) is 0 Å². The minimum absolute atomic E-state index is 0.182. The number of carboxylic acids is 1. The molecule has 0 fully saturated rings. The summed E-state index contributed by atoms with van der Waals surface area (Å²) in [7, 11) is 0. The van der Waals surface area contributed by atoms with E-state index in [1.54, 1.807) is 45.0 Å². The van der Waals surface area contributed by atoms with Crippen LogP contribution in [0.2, 0.25) is 0 Å². The number of carbonyl (C=O) groups is 2. The number of para-hydroxylation sites is 1. The number of amides is 1. The quantitative estimate of drug-likeness (QED) is 0.862. The second-order valence-electron chi connectivity index (χ2n) is 5.16. The molecule has 0 saturated heterocycles. The number of rotatable bonds is 5. The van der Waals surface area contributed by atoms with Crippen molar-refractivity contribution in [2.75, 3.05) is 6.61 Å². The summed E-state index contributed by atoms with van der Waals surface area (Å²) in [6.45, 7) is 4.91. The molecule has 0 heterocycles. The molecule has 1 aromatic rings. The summed E-state index contributed by atoms with van der Waals surface area (Å²) in [5.41, 5.74) is -0.687. The molecule has 110 valence electrons. The molecule has 2 N–H and O–H groups in total. The number of alkyl carbamates (subject to hydrolysis) is 1. The van der Waals surface area contributed by atoms with Crippen LogP contribution in [-0.2, 0) is 9.53 Å². The summed E-state index contributed by atoms with van der Waals surface area (Å²) >= 11 is 0. The highest BCUT2D eigenvalue weighted by atomic mass is 16.6. The van der Waals surface area contributed by atoms with Gasteiger partial charge in [-0.1, -0.05) is 18.2 Å². The number of carbonyl (C=O) groups excluding carboxylic acids is 1. The first-order valence-electron chi connectivity index (χ1n) is 6.18. The van der Waals surface area contributed by atoms with Gasteiger partial charge < -0.3 is 19.9 Å². The average molecular weight is 281 g/mol. The smallest absolute Gasteiger partial charge is 0.408 e. The Labute approximate surface area is 117 Å². The third-order valence-electron chi connectivity index (χ3n) is 2.15. The van der Waals surface area contributed by atoms with E-state index in [0.717, 1.165) is 0 Å². The Kier molecular flexibility index (Phi) is 5.37. The maximum atomic E-state index is 11.5. The van der Waals surface area contributed by atoms with Crippen molar-refractivity contribution in [2.24, 2.45) is 0 Å². The van der Waals surface area contributed by atoms with Crippen LogP contribution < -0.4 is 10.1 Å². The highest BCUT2D eigenvalue weighted by molar-refractivity contribution is 5.80. The molecule has 6 heteroatoms. The minimum Gasteiger partial charge on any atom is -0.491 e. The van der Waals surface area contributed by atoms with E-state index in [1.165, 1.54) is 0 Å². The predicted molar refractivity (Wildman–Crippen MR) is 72.7 cm³/mol. The van der Waals surface area contributed by atoms with Gasteiger partial charge in [0.15, 0.2) is 6.04 Å². The zero-order valence-corrected chi connectivity index (χ0v) is 11.8. The van der Waals surface area contributed by atoms with Gasteiger partial charge in [0.25, 0.3) is 0 Å². The monoisotopic (exact) mass is 281 g/mol. The van der Waals surface area contributed by atoms with Crippen molar-refractivity contribution in [1.29, 1.82) is 0 Å². The van der Waals surface area contributed by atoms with Gasteiger partial charge in [0.05, 0.1) is 0 Å². The van der Waals surface area contributed by atoms with Crippen molar-refractivity contribution >= 4 is 12.1 Å². The number of carboxylic acid groups (broad SMARTS) is 1. The normalized spacial score (nSPS) is 12.3. The molecule has 0 aromatic heterocycles. The molecule has 0 aliphatic carbocycles. The van der Waals surface area contributed by atoms with E-state index in [9.17, 15) is 9.59 Å². The Morgan fingerprint density at radius 2 is 1.85 bits per heavy atom. The van der Waals surface area contributed by atoms with Gasteiger partial charge in [0.1, 0.15) is 18.0 Å². The molecule has 20 heavy (non-hydrogen) atoms. The van der Waals surface area contributed by atoms with Crippen LogP contribution in [0.5, 0.6) is 5.75 Å². The topological polar surface area (TPSA) is 84.9 Å². The van der Waals surface area contributed by atoms with Gasteiger partial charge in [0.2, 0.25) is 0 Å². The molecule has 1 rings (SSSR count). The molecule has 1 atom stereocenters. The number of benzene rings is 1. The highest BCUT2D eigenvalue weighted by Crippen LogP contribution is 2.09. The average Bonchev–Trinajstić information content (AvgIpc) is 2.33. The predicted octanol–water partition coefficient (Wildman–Crippen LogP) is 2.04. The zero-order valence-electron chi connectivity index (χ0n) is 11.8. The van der Waals surface area contributed by atoms with Crippen LogP contribution in [0, 0.1) is 0 Å².